The van der Waals surface area contributed by atoms with Gasteiger partial charge >= 0.3 is 6.18 Å². The van der Waals surface area contributed by atoms with Crippen LogP contribution in [0, 0.1) is 18.3 Å². The summed E-state index contributed by atoms with van der Waals surface area (Å²) in [6.45, 7) is 0.139. The Bertz CT molecular complexity index is 732. The van der Waals surface area contributed by atoms with Crippen LogP contribution in [0.4, 0.5) is 13.2 Å². The molecule has 1 aromatic carbocycles. The van der Waals surface area contributed by atoms with Crippen molar-refractivity contribution in [1.82, 2.24) is 9.88 Å². The minimum atomic E-state index is -4.50. The van der Waals surface area contributed by atoms with Crippen molar-refractivity contribution in [2.24, 2.45) is 0 Å². The number of aryl methyl sites for hydroxylation is 1. The average Bonchev–Trinajstić information content (AvgIpc) is 2.92. The van der Waals surface area contributed by atoms with E-state index in [2.05, 4.69) is 4.98 Å². The molecule has 0 aliphatic heterocycles. The molecule has 0 fully saturated rings. The van der Waals surface area contributed by atoms with E-state index in [-0.39, 0.29) is 11.4 Å². The third kappa shape index (κ3) is 4.79. The Kier molecular flexibility index (Phi) is 5.01. The highest BCUT2D eigenvalue weighted by Gasteiger charge is 2.33. The number of nitriles is 1. The summed E-state index contributed by atoms with van der Waals surface area (Å²) in [5.74, 6) is -0.711. The Morgan fingerprint density at radius 2 is 2.00 bits per heavy atom. The lowest BCUT2D eigenvalue weighted by molar-refractivity contribution is -0.141. The number of amides is 1. The average molecular weight is 339 g/mol. The minimum absolute atomic E-state index is 0.167. The Morgan fingerprint density at radius 3 is 2.48 bits per heavy atom. The predicted molar refractivity (Wildman–Crippen MR) is 78.8 cm³/mol. The summed E-state index contributed by atoms with van der Waals surface area (Å²) in [6, 6.07) is 8.00. The fourth-order valence-electron chi connectivity index (χ4n) is 1.94. The van der Waals surface area contributed by atoms with Crippen LogP contribution in [-0.4, -0.2) is 28.5 Å². The molecular weight excluding hydrogens is 327 g/mol. The molecule has 2 aromatic rings. The highest BCUT2D eigenvalue weighted by Crippen LogP contribution is 2.22. The maximum atomic E-state index is 12.8. The number of carbonyl (C=O) groups is 1. The standard InChI is InChI=1S/C15H12F3N3OS/c1-10-20-7-13(23-10)14(22)21(9-15(16,17)18)8-12-4-2-11(6-19)3-5-12/h2-5,7H,8-9H2,1H3. The molecule has 1 amide bonds. The van der Waals surface area contributed by atoms with Gasteiger partial charge in [-0.15, -0.1) is 11.3 Å². The number of rotatable bonds is 4. The lowest BCUT2D eigenvalue weighted by atomic mass is 10.1. The van der Waals surface area contributed by atoms with Crippen LogP contribution in [0.1, 0.15) is 25.8 Å². The van der Waals surface area contributed by atoms with Crippen molar-refractivity contribution in [1.29, 1.82) is 5.26 Å². The van der Waals surface area contributed by atoms with Crippen LogP contribution in [0.15, 0.2) is 30.5 Å². The van der Waals surface area contributed by atoms with Gasteiger partial charge in [-0.25, -0.2) is 4.98 Å². The molecule has 2 rings (SSSR count). The summed E-state index contributed by atoms with van der Waals surface area (Å²) in [4.78, 5) is 17.1. The number of hydrogen-bond acceptors (Lipinski definition) is 4. The molecule has 0 N–H and O–H groups in total. The molecule has 0 unspecified atom stereocenters. The lowest BCUT2D eigenvalue weighted by Gasteiger charge is -2.23. The second-order valence-electron chi connectivity index (χ2n) is 4.83. The molecule has 0 atom stereocenters. The molecule has 23 heavy (non-hydrogen) atoms. The molecule has 0 saturated carbocycles. The Morgan fingerprint density at radius 1 is 1.35 bits per heavy atom. The van der Waals surface area contributed by atoms with Crippen molar-refractivity contribution in [3.8, 4) is 6.07 Å². The van der Waals surface area contributed by atoms with Gasteiger partial charge in [0, 0.05) is 6.54 Å². The largest absolute Gasteiger partial charge is 0.406 e. The predicted octanol–water partition coefficient (Wildman–Crippen LogP) is 3.53. The molecule has 0 bridgehead atoms. The lowest BCUT2D eigenvalue weighted by Crippen LogP contribution is -2.38. The first-order valence-corrected chi connectivity index (χ1v) is 7.37. The van der Waals surface area contributed by atoms with E-state index in [0.717, 1.165) is 16.2 Å². The van der Waals surface area contributed by atoms with Crippen LogP contribution in [0.2, 0.25) is 0 Å². The van der Waals surface area contributed by atoms with Gasteiger partial charge in [-0.3, -0.25) is 4.79 Å². The zero-order valence-corrected chi connectivity index (χ0v) is 12.9. The second kappa shape index (κ2) is 6.79. The van der Waals surface area contributed by atoms with E-state index in [1.807, 2.05) is 6.07 Å². The van der Waals surface area contributed by atoms with Crippen LogP contribution in [0.3, 0.4) is 0 Å². The van der Waals surface area contributed by atoms with Crippen molar-refractivity contribution in [2.75, 3.05) is 6.54 Å². The zero-order chi connectivity index (χ0) is 17.0. The van der Waals surface area contributed by atoms with E-state index in [4.69, 9.17) is 5.26 Å². The Hall–Kier alpha value is -2.40. The number of benzene rings is 1. The van der Waals surface area contributed by atoms with Crippen molar-refractivity contribution < 1.29 is 18.0 Å². The number of alkyl halides is 3. The van der Waals surface area contributed by atoms with Crippen LogP contribution in [0.25, 0.3) is 0 Å². The molecule has 4 nitrogen and oxygen atoms in total. The Labute approximate surface area is 134 Å². The van der Waals surface area contributed by atoms with Crippen molar-refractivity contribution in [3.05, 3.63) is 51.5 Å². The molecule has 0 aliphatic rings. The normalized spacial score (nSPS) is 11.1. The number of carbonyl (C=O) groups excluding carboxylic acids is 1. The maximum Gasteiger partial charge on any atom is 0.406 e. The monoisotopic (exact) mass is 339 g/mol. The molecule has 1 heterocycles. The molecule has 120 valence electrons. The summed E-state index contributed by atoms with van der Waals surface area (Å²) in [5.41, 5.74) is 0.920. The summed E-state index contributed by atoms with van der Waals surface area (Å²) < 4.78 is 38.3. The summed E-state index contributed by atoms with van der Waals surface area (Å²) in [6.07, 6.45) is -3.22. The van der Waals surface area contributed by atoms with Gasteiger partial charge in [0.2, 0.25) is 0 Å². The number of hydrogen-bond donors (Lipinski definition) is 0. The highest BCUT2D eigenvalue weighted by atomic mass is 32.1. The quantitative estimate of drug-likeness (QED) is 0.856. The van der Waals surface area contributed by atoms with E-state index in [1.165, 1.54) is 30.5 Å². The summed E-state index contributed by atoms with van der Waals surface area (Å²) in [5, 5.41) is 9.34. The van der Waals surface area contributed by atoms with Gasteiger partial charge in [-0.1, -0.05) is 12.1 Å². The summed E-state index contributed by atoms with van der Waals surface area (Å²) >= 11 is 1.05. The molecule has 0 saturated heterocycles. The van der Waals surface area contributed by atoms with Gasteiger partial charge in [-0.2, -0.15) is 18.4 Å². The first kappa shape index (κ1) is 17.0. The van der Waals surface area contributed by atoms with Crippen LogP contribution < -0.4 is 0 Å². The van der Waals surface area contributed by atoms with Crippen LogP contribution >= 0.6 is 11.3 Å². The Balaban J connectivity index is 2.23. The van der Waals surface area contributed by atoms with E-state index < -0.39 is 18.6 Å². The fourth-order valence-corrected chi connectivity index (χ4v) is 2.68. The SMILES string of the molecule is Cc1ncc(C(=O)N(Cc2ccc(C#N)cc2)CC(F)(F)F)s1. The molecule has 0 spiro atoms. The number of nitrogens with zero attached hydrogens (tertiary/aromatic N) is 3. The molecule has 1 aromatic heterocycles. The maximum absolute atomic E-state index is 12.8. The zero-order valence-electron chi connectivity index (χ0n) is 12.1. The van der Waals surface area contributed by atoms with Gasteiger partial charge in [0.1, 0.15) is 11.4 Å². The topological polar surface area (TPSA) is 57.0 Å². The molecule has 0 aliphatic carbocycles. The first-order valence-electron chi connectivity index (χ1n) is 6.56. The summed E-state index contributed by atoms with van der Waals surface area (Å²) in [7, 11) is 0. The smallest absolute Gasteiger partial charge is 0.324 e. The first-order chi connectivity index (χ1) is 10.8. The highest BCUT2D eigenvalue weighted by molar-refractivity contribution is 7.13. The van der Waals surface area contributed by atoms with Gasteiger partial charge in [-0.05, 0) is 24.6 Å². The van der Waals surface area contributed by atoms with E-state index in [9.17, 15) is 18.0 Å². The number of halogens is 3. The van der Waals surface area contributed by atoms with Gasteiger partial charge in [0.15, 0.2) is 0 Å². The van der Waals surface area contributed by atoms with E-state index >= 15 is 0 Å². The fraction of sp³-hybridized carbons (Fsp3) is 0.267. The third-order valence-corrected chi connectivity index (χ3v) is 3.85. The van der Waals surface area contributed by atoms with Gasteiger partial charge < -0.3 is 4.90 Å². The second-order valence-corrected chi connectivity index (χ2v) is 6.06. The molecule has 0 radical (unpaired) electrons. The van der Waals surface area contributed by atoms with Crippen LogP contribution in [-0.2, 0) is 6.54 Å². The number of thiazole rings is 1. The van der Waals surface area contributed by atoms with Crippen molar-refractivity contribution in [3.63, 3.8) is 0 Å². The van der Waals surface area contributed by atoms with E-state index in [1.54, 1.807) is 6.92 Å². The third-order valence-electron chi connectivity index (χ3n) is 2.95. The van der Waals surface area contributed by atoms with Gasteiger partial charge in [0.25, 0.3) is 5.91 Å². The molecular formula is C15H12F3N3OS. The van der Waals surface area contributed by atoms with Crippen LogP contribution in [0.5, 0.6) is 0 Å². The molecule has 8 heteroatoms. The van der Waals surface area contributed by atoms with Gasteiger partial charge in [0.05, 0.1) is 22.8 Å². The van der Waals surface area contributed by atoms with E-state index in [0.29, 0.717) is 16.1 Å². The van der Waals surface area contributed by atoms with Crippen molar-refractivity contribution in [2.45, 2.75) is 19.6 Å². The number of aromatic nitrogens is 1. The van der Waals surface area contributed by atoms with Crippen molar-refractivity contribution >= 4 is 17.2 Å². The minimum Gasteiger partial charge on any atom is -0.324 e.